The molecule has 0 aromatic carbocycles. The predicted octanol–water partition coefficient (Wildman–Crippen LogP) is 2.58. The minimum atomic E-state index is -3.29. The molecule has 64 valence electrons. The maximum Gasteiger partial charge on any atom is 0.322 e. The van der Waals surface area contributed by atoms with Gasteiger partial charge in [-0.1, -0.05) is 12.8 Å². The average Bonchev–Trinajstić information content (AvgIpc) is 2.37. The standard InChI is InChI=1S/C7H9ClF2O/c8-6(11)7(9,10)5-3-1-2-4-5/h5H,1-4H2. The number of alkyl halides is 2. The highest BCUT2D eigenvalue weighted by Crippen LogP contribution is 2.38. The van der Waals surface area contributed by atoms with E-state index in [0.29, 0.717) is 12.8 Å². The molecule has 1 rings (SSSR count). The zero-order valence-corrected chi connectivity index (χ0v) is 6.70. The van der Waals surface area contributed by atoms with E-state index >= 15 is 0 Å². The number of halogens is 3. The number of hydrogen-bond acceptors (Lipinski definition) is 1. The summed E-state index contributed by atoms with van der Waals surface area (Å²) in [5, 5.41) is -1.51. The quantitative estimate of drug-likeness (QED) is 0.600. The van der Waals surface area contributed by atoms with Gasteiger partial charge >= 0.3 is 5.92 Å². The Morgan fingerprint density at radius 1 is 1.36 bits per heavy atom. The van der Waals surface area contributed by atoms with E-state index in [4.69, 9.17) is 11.6 Å². The van der Waals surface area contributed by atoms with Gasteiger partial charge in [0, 0.05) is 5.92 Å². The van der Waals surface area contributed by atoms with E-state index in [1.807, 2.05) is 0 Å². The molecule has 0 aliphatic heterocycles. The lowest BCUT2D eigenvalue weighted by Crippen LogP contribution is -2.32. The van der Waals surface area contributed by atoms with Crippen LogP contribution in [0.25, 0.3) is 0 Å². The van der Waals surface area contributed by atoms with Gasteiger partial charge < -0.3 is 0 Å². The second kappa shape index (κ2) is 3.05. The Kier molecular flexibility index (Phi) is 2.47. The average molecular weight is 183 g/mol. The molecule has 0 radical (unpaired) electrons. The highest BCUT2D eigenvalue weighted by Gasteiger charge is 2.46. The highest BCUT2D eigenvalue weighted by atomic mass is 35.5. The molecule has 0 spiro atoms. The summed E-state index contributed by atoms with van der Waals surface area (Å²) in [7, 11) is 0. The molecule has 1 saturated carbocycles. The van der Waals surface area contributed by atoms with Gasteiger partial charge in [-0.3, -0.25) is 4.79 Å². The van der Waals surface area contributed by atoms with Crippen molar-refractivity contribution in [3.05, 3.63) is 0 Å². The smallest absolute Gasteiger partial charge is 0.274 e. The molecule has 0 saturated heterocycles. The van der Waals surface area contributed by atoms with E-state index in [-0.39, 0.29) is 0 Å². The summed E-state index contributed by atoms with van der Waals surface area (Å²) in [6, 6.07) is 0. The first-order valence-electron chi connectivity index (χ1n) is 3.63. The molecule has 0 aromatic rings. The second-order valence-electron chi connectivity index (χ2n) is 2.88. The van der Waals surface area contributed by atoms with Crippen molar-refractivity contribution in [2.24, 2.45) is 5.92 Å². The first-order valence-corrected chi connectivity index (χ1v) is 4.00. The molecule has 0 unspecified atom stereocenters. The number of carbonyl (C=O) groups is 1. The van der Waals surface area contributed by atoms with Crippen molar-refractivity contribution in [3.63, 3.8) is 0 Å². The van der Waals surface area contributed by atoms with Crippen molar-refractivity contribution in [2.45, 2.75) is 31.6 Å². The van der Waals surface area contributed by atoms with Crippen LogP contribution in [0.5, 0.6) is 0 Å². The number of hydrogen-bond donors (Lipinski definition) is 0. The third kappa shape index (κ3) is 1.70. The summed E-state index contributed by atoms with van der Waals surface area (Å²) < 4.78 is 25.5. The Labute approximate surface area is 68.7 Å². The van der Waals surface area contributed by atoms with Gasteiger partial charge in [0.25, 0.3) is 5.24 Å². The minimum Gasteiger partial charge on any atom is -0.274 e. The molecule has 0 atom stereocenters. The largest absolute Gasteiger partial charge is 0.322 e. The SMILES string of the molecule is O=C(Cl)C(F)(F)C1CCCC1. The van der Waals surface area contributed by atoms with Crippen LogP contribution in [0.15, 0.2) is 0 Å². The third-order valence-electron chi connectivity index (χ3n) is 2.13. The normalized spacial score (nSPS) is 20.6. The van der Waals surface area contributed by atoms with Crippen molar-refractivity contribution < 1.29 is 13.6 Å². The van der Waals surface area contributed by atoms with Crippen LogP contribution in [0.4, 0.5) is 8.78 Å². The predicted molar refractivity (Wildman–Crippen MR) is 37.8 cm³/mol. The molecule has 1 aliphatic carbocycles. The van der Waals surface area contributed by atoms with Crippen LogP contribution in [-0.2, 0) is 4.79 Å². The van der Waals surface area contributed by atoms with E-state index in [1.54, 1.807) is 0 Å². The van der Waals surface area contributed by atoms with E-state index in [9.17, 15) is 13.6 Å². The second-order valence-corrected chi connectivity index (χ2v) is 3.22. The maximum absolute atomic E-state index is 12.8. The van der Waals surface area contributed by atoms with E-state index in [1.165, 1.54) is 0 Å². The maximum atomic E-state index is 12.8. The fourth-order valence-corrected chi connectivity index (χ4v) is 1.60. The van der Waals surface area contributed by atoms with Gasteiger partial charge in [0.2, 0.25) is 0 Å². The lowest BCUT2D eigenvalue weighted by Gasteiger charge is -2.17. The van der Waals surface area contributed by atoms with Crippen LogP contribution in [0.1, 0.15) is 25.7 Å². The first-order chi connectivity index (χ1) is 5.05. The molecular formula is C7H9ClF2O. The lowest BCUT2D eigenvalue weighted by atomic mass is 10.0. The molecule has 1 nitrogen and oxygen atoms in total. The summed E-state index contributed by atoms with van der Waals surface area (Å²) in [5.41, 5.74) is 0. The van der Waals surface area contributed by atoms with Gasteiger partial charge in [0.05, 0.1) is 0 Å². The van der Waals surface area contributed by atoms with Gasteiger partial charge in [-0.25, -0.2) is 0 Å². The van der Waals surface area contributed by atoms with Crippen LogP contribution in [0, 0.1) is 5.92 Å². The van der Waals surface area contributed by atoms with Crippen molar-refractivity contribution >= 4 is 16.8 Å². The summed E-state index contributed by atoms with van der Waals surface area (Å²) >= 11 is 4.76. The molecular weight excluding hydrogens is 174 g/mol. The third-order valence-corrected chi connectivity index (χ3v) is 2.38. The number of rotatable bonds is 2. The van der Waals surface area contributed by atoms with Crippen LogP contribution < -0.4 is 0 Å². The van der Waals surface area contributed by atoms with Crippen LogP contribution >= 0.6 is 11.6 Å². The summed E-state index contributed by atoms with van der Waals surface area (Å²) in [6.45, 7) is 0. The molecule has 1 aliphatic rings. The van der Waals surface area contributed by atoms with Crippen molar-refractivity contribution in [1.29, 1.82) is 0 Å². The minimum absolute atomic E-state index is 0.422. The van der Waals surface area contributed by atoms with Crippen molar-refractivity contribution in [3.8, 4) is 0 Å². The highest BCUT2D eigenvalue weighted by molar-refractivity contribution is 6.65. The van der Waals surface area contributed by atoms with Crippen LogP contribution in [0.2, 0.25) is 0 Å². The Bertz CT molecular complexity index is 164. The topological polar surface area (TPSA) is 17.1 Å². The molecule has 1 fully saturated rings. The lowest BCUT2D eigenvalue weighted by molar-refractivity contribution is -0.141. The van der Waals surface area contributed by atoms with Gasteiger partial charge in [-0.15, -0.1) is 0 Å². The van der Waals surface area contributed by atoms with E-state index in [0.717, 1.165) is 12.8 Å². The Morgan fingerprint density at radius 3 is 2.18 bits per heavy atom. The van der Waals surface area contributed by atoms with Crippen LogP contribution in [0.3, 0.4) is 0 Å². The molecule has 11 heavy (non-hydrogen) atoms. The Balaban J connectivity index is 2.62. The zero-order chi connectivity index (χ0) is 8.48. The van der Waals surface area contributed by atoms with Gasteiger partial charge in [-0.2, -0.15) is 8.78 Å². The van der Waals surface area contributed by atoms with Crippen molar-refractivity contribution in [2.75, 3.05) is 0 Å². The van der Waals surface area contributed by atoms with E-state index < -0.39 is 17.1 Å². The number of carbonyl (C=O) groups excluding carboxylic acids is 1. The molecule has 0 aromatic heterocycles. The summed E-state index contributed by atoms with van der Waals surface area (Å²) in [5.74, 6) is -4.11. The molecule has 4 heteroatoms. The summed E-state index contributed by atoms with van der Waals surface area (Å²) in [4.78, 5) is 10.3. The fraction of sp³-hybridized carbons (Fsp3) is 0.857. The Hall–Kier alpha value is -0.180. The monoisotopic (exact) mass is 182 g/mol. The molecule has 0 N–H and O–H groups in total. The molecule has 0 amide bonds. The summed E-state index contributed by atoms with van der Waals surface area (Å²) in [6.07, 6.45) is 2.41. The van der Waals surface area contributed by atoms with Crippen molar-refractivity contribution in [1.82, 2.24) is 0 Å². The van der Waals surface area contributed by atoms with Crippen LogP contribution in [-0.4, -0.2) is 11.2 Å². The Morgan fingerprint density at radius 2 is 1.82 bits per heavy atom. The fourth-order valence-electron chi connectivity index (χ4n) is 1.45. The van der Waals surface area contributed by atoms with Gasteiger partial charge in [-0.05, 0) is 24.4 Å². The van der Waals surface area contributed by atoms with Gasteiger partial charge in [0.1, 0.15) is 0 Å². The zero-order valence-electron chi connectivity index (χ0n) is 5.95. The first kappa shape index (κ1) is 8.91. The van der Waals surface area contributed by atoms with E-state index in [2.05, 4.69) is 0 Å². The molecule has 0 heterocycles. The molecule has 0 bridgehead atoms. The van der Waals surface area contributed by atoms with Gasteiger partial charge in [0.15, 0.2) is 0 Å².